The highest BCUT2D eigenvalue weighted by Crippen LogP contribution is 2.49. The molecule has 0 bridgehead atoms. The molecule has 0 saturated carbocycles. The number of hydrogen-bond donors (Lipinski definition) is 0. The minimum atomic E-state index is -4.32. The topological polar surface area (TPSA) is 22.1 Å². The Bertz CT molecular complexity index is 808. The van der Waals surface area contributed by atoms with Gasteiger partial charge in [0.05, 0.1) is 11.7 Å². The first-order valence-electron chi connectivity index (χ1n) is 9.14. The molecule has 2 nitrogen and oxygen atoms in total. The van der Waals surface area contributed by atoms with E-state index >= 15 is 0 Å². The summed E-state index contributed by atoms with van der Waals surface area (Å²) in [6.45, 7) is 6.63. The number of thioether (sulfide) groups is 1. The van der Waals surface area contributed by atoms with E-state index in [1.165, 1.54) is 12.1 Å². The molecule has 1 aromatic heterocycles. The number of aromatic nitrogens is 1. The molecule has 146 valence electrons. The van der Waals surface area contributed by atoms with E-state index in [2.05, 4.69) is 18.0 Å². The van der Waals surface area contributed by atoms with Crippen LogP contribution in [0, 0.1) is 13.8 Å². The number of rotatable bonds is 4. The van der Waals surface area contributed by atoms with Crippen LogP contribution >= 0.6 is 11.8 Å². The number of hydrogen-bond acceptors (Lipinski definition) is 3. The minimum Gasteiger partial charge on any atom is -0.373 e. The zero-order valence-corrected chi connectivity index (χ0v) is 16.6. The van der Waals surface area contributed by atoms with Crippen LogP contribution in [0.25, 0.3) is 0 Å². The molecule has 1 aliphatic heterocycles. The van der Waals surface area contributed by atoms with Gasteiger partial charge in [-0.2, -0.15) is 13.2 Å². The third-order valence-electron chi connectivity index (χ3n) is 5.19. The smallest absolute Gasteiger partial charge is 0.373 e. The summed E-state index contributed by atoms with van der Waals surface area (Å²) in [6.07, 6.45) is -1.95. The summed E-state index contributed by atoms with van der Waals surface area (Å²) in [5.74, 6) is 0. The van der Waals surface area contributed by atoms with Gasteiger partial charge in [0, 0.05) is 33.2 Å². The van der Waals surface area contributed by atoms with E-state index in [1.807, 2.05) is 19.9 Å². The fourth-order valence-corrected chi connectivity index (χ4v) is 4.99. The molecule has 3 rings (SSSR count). The summed E-state index contributed by atoms with van der Waals surface area (Å²) in [6, 6.07) is 9.67. The number of aryl methyl sites for hydroxylation is 2. The maximum atomic E-state index is 13.0. The number of halogens is 3. The van der Waals surface area contributed by atoms with Crippen LogP contribution in [0.5, 0.6) is 0 Å². The molecule has 2 atom stereocenters. The summed E-state index contributed by atoms with van der Waals surface area (Å²) >= 11 is 1.55. The lowest BCUT2D eigenvalue weighted by molar-refractivity contribution is -0.137. The molecule has 1 aliphatic rings. The van der Waals surface area contributed by atoms with Gasteiger partial charge in [0.25, 0.3) is 0 Å². The summed E-state index contributed by atoms with van der Waals surface area (Å²) < 4.78 is 45.0. The molecule has 1 fully saturated rings. The molecule has 2 aromatic rings. The van der Waals surface area contributed by atoms with Gasteiger partial charge in [0.2, 0.25) is 0 Å². The number of benzene rings is 1. The molecule has 27 heavy (non-hydrogen) atoms. The van der Waals surface area contributed by atoms with Crippen molar-refractivity contribution in [2.24, 2.45) is 0 Å². The van der Waals surface area contributed by atoms with E-state index in [0.29, 0.717) is 11.5 Å². The third kappa shape index (κ3) is 4.66. The molecule has 1 saturated heterocycles. The van der Waals surface area contributed by atoms with Gasteiger partial charge in [-0.05, 0) is 57.4 Å². The average molecular weight is 395 g/mol. The predicted octanol–water partition coefficient (Wildman–Crippen LogP) is 6.51. The molecular weight excluding hydrogens is 371 g/mol. The molecular formula is C21H24F3NOS. The van der Waals surface area contributed by atoms with Crippen LogP contribution < -0.4 is 0 Å². The highest BCUT2D eigenvalue weighted by molar-refractivity contribution is 8.00. The van der Waals surface area contributed by atoms with Crippen LogP contribution in [0.2, 0.25) is 0 Å². The second-order valence-electron chi connectivity index (χ2n) is 7.11. The average Bonchev–Trinajstić information content (AvgIpc) is 2.61. The van der Waals surface area contributed by atoms with Crippen LogP contribution in [0.3, 0.4) is 0 Å². The van der Waals surface area contributed by atoms with Gasteiger partial charge in [-0.3, -0.25) is 4.98 Å². The normalized spacial score (nSPS) is 23.4. The standard InChI is InChI=1S/C21H24F3NOS/c1-4-20(27-17-7-5-6-16(12-17)21(22,23)24)10-11-26-19(13-20)18-9-8-14(2)25-15(18)3/h5-9,12,19H,4,10-11,13H2,1-3H3. The van der Waals surface area contributed by atoms with E-state index in [4.69, 9.17) is 4.74 Å². The summed E-state index contributed by atoms with van der Waals surface area (Å²) in [7, 11) is 0. The quantitative estimate of drug-likeness (QED) is 0.589. The lowest BCUT2D eigenvalue weighted by Crippen LogP contribution is -2.34. The van der Waals surface area contributed by atoms with Crippen molar-refractivity contribution < 1.29 is 17.9 Å². The van der Waals surface area contributed by atoms with Crippen molar-refractivity contribution in [3.05, 3.63) is 58.9 Å². The molecule has 0 radical (unpaired) electrons. The zero-order valence-electron chi connectivity index (χ0n) is 15.8. The highest BCUT2D eigenvalue weighted by atomic mass is 32.2. The van der Waals surface area contributed by atoms with Crippen LogP contribution in [-0.4, -0.2) is 16.3 Å². The Morgan fingerprint density at radius 2 is 2.00 bits per heavy atom. The fourth-order valence-electron chi connectivity index (χ4n) is 3.60. The molecule has 0 spiro atoms. The Morgan fingerprint density at radius 1 is 1.22 bits per heavy atom. The maximum Gasteiger partial charge on any atom is 0.416 e. The summed E-state index contributed by atoms with van der Waals surface area (Å²) in [5.41, 5.74) is 2.40. The zero-order chi connectivity index (χ0) is 19.7. The first kappa shape index (κ1) is 20.2. The first-order chi connectivity index (χ1) is 12.7. The number of ether oxygens (including phenoxy) is 1. The molecule has 6 heteroatoms. The second-order valence-corrected chi connectivity index (χ2v) is 8.65. The fraction of sp³-hybridized carbons (Fsp3) is 0.476. The maximum absolute atomic E-state index is 13.0. The van der Waals surface area contributed by atoms with Crippen molar-refractivity contribution in [2.45, 2.75) is 62.0 Å². The Balaban J connectivity index is 1.84. The lowest BCUT2D eigenvalue weighted by atomic mass is 9.88. The molecule has 0 amide bonds. The van der Waals surface area contributed by atoms with E-state index in [9.17, 15) is 13.2 Å². The monoisotopic (exact) mass is 395 g/mol. The Kier molecular flexibility index (Phi) is 5.87. The summed E-state index contributed by atoms with van der Waals surface area (Å²) in [5, 5.41) is 0. The van der Waals surface area contributed by atoms with Crippen molar-refractivity contribution >= 4 is 11.8 Å². The van der Waals surface area contributed by atoms with Crippen LogP contribution in [0.15, 0.2) is 41.3 Å². The Labute approximate surface area is 162 Å². The molecule has 0 aliphatic carbocycles. The van der Waals surface area contributed by atoms with Gasteiger partial charge < -0.3 is 4.74 Å². The van der Waals surface area contributed by atoms with Gasteiger partial charge in [-0.15, -0.1) is 11.8 Å². The van der Waals surface area contributed by atoms with E-state index in [0.717, 1.165) is 42.3 Å². The molecule has 0 N–H and O–H groups in total. The number of alkyl halides is 3. The van der Waals surface area contributed by atoms with E-state index < -0.39 is 11.7 Å². The third-order valence-corrected chi connectivity index (χ3v) is 6.77. The SMILES string of the molecule is CCC1(Sc2cccc(C(F)(F)F)c2)CCOC(c2ccc(C)nc2C)C1. The van der Waals surface area contributed by atoms with Crippen molar-refractivity contribution in [1.82, 2.24) is 4.98 Å². The van der Waals surface area contributed by atoms with E-state index in [1.54, 1.807) is 17.8 Å². The molecule has 1 aromatic carbocycles. The number of pyridine rings is 1. The van der Waals surface area contributed by atoms with Crippen molar-refractivity contribution in [1.29, 1.82) is 0 Å². The summed E-state index contributed by atoms with van der Waals surface area (Å²) in [4.78, 5) is 5.19. The Hall–Kier alpha value is -1.53. The van der Waals surface area contributed by atoms with Crippen LogP contribution in [-0.2, 0) is 10.9 Å². The largest absolute Gasteiger partial charge is 0.416 e. The van der Waals surface area contributed by atoms with Gasteiger partial charge in [-0.1, -0.05) is 19.1 Å². The van der Waals surface area contributed by atoms with E-state index in [-0.39, 0.29) is 10.9 Å². The molecule has 2 heterocycles. The lowest BCUT2D eigenvalue weighted by Gasteiger charge is -2.40. The van der Waals surface area contributed by atoms with Gasteiger partial charge >= 0.3 is 6.18 Å². The Morgan fingerprint density at radius 3 is 2.67 bits per heavy atom. The first-order valence-corrected chi connectivity index (χ1v) is 9.96. The minimum absolute atomic E-state index is 0.0786. The van der Waals surface area contributed by atoms with Crippen molar-refractivity contribution in [2.75, 3.05) is 6.61 Å². The van der Waals surface area contributed by atoms with Gasteiger partial charge in [0.1, 0.15) is 0 Å². The van der Waals surface area contributed by atoms with Gasteiger partial charge in [-0.25, -0.2) is 0 Å². The predicted molar refractivity (Wildman–Crippen MR) is 102 cm³/mol. The van der Waals surface area contributed by atoms with Crippen molar-refractivity contribution in [3.8, 4) is 0 Å². The number of nitrogens with zero attached hydrogens (tertiary/aromatic N) is 1. The van der Waals surface area contributed by atoms with Crippen molar-refractivity contribution in [3.63, 3.8) is 0 Å². The highest BCUT2D eigenvalue weighted by Gasteiger charge is 2.38. The molecule has 2 unspecified atom stereocenters. The van der Waals surface area contributed by atoms with Gasteiger partial charge in [0.15, 0.2) is 0 Å². The second kappa shape index (κ2) is 7.84. The van der Waals surface area contributed by atoms with Crippen LogP contribution in [0.1, 0.15) is 54.8 Å². The van der Waals surface area contributed by atoms with Crippen LogP contribution in [0.4, 0.5) is 13.2 Å².